The number of nitrogens with zero attached hydrogens (tertiary/aromatic N) is 2. The fourth-order valence-corrected chi connectivity index (χ4v) is 3.57. The highest BCUT2D eigenvalue weighted by atomic mass is 19.4. The Morgan fingerprint density at radius 2 is 1.69 bits per heavy atom. The van der Waals surface area contributed by atoms with Gasteiger partial charge in [-0.15, -0.1) is 0 Å². The van der Waals surface area contributed by atoms with Crippen molar-refractivity contribution >= 4 is 11.8 Å². The highest BCUT2D eigenvalue weighted by molar-refractivity contribution is 5.83. The van der Waals surface area contributed by atoms with E-state index in [-0.39, 0.29) is 43.8 Å². The van der Waals surface area contributed by atoms with Crippen molar-refractivity contribution in [3.05, 3.63) is 0 Å². The van der Waals surface area contributed by atoms with Crippen LogP contribution in [0.3, 0.4) is 0 Å². The zero-order valence-corrected chi connectivity index (χ0v) is 15.3. The highest BCUT2D eigenvalue weighted by Crippen LogP contribution is 2.24. The second-order valence-corrected chi connectivity index (χ2v) is 7.27. The van der Waals surface area contributed by atoms with Crippen LogP contribution >= 0.6 is 0 Å². The fourth-order valence-electron chi connectivity index (χ4n) is 3.57. The van der Waals surface area contributed by atoms with Crippen molar-refractivity contribution in [1.29, 1.82) is 0 Å². The van der Waals surface area contributed by atoms with Gasteiger partial charge in [-0.2, -0.15) is 13.2 Å². The molecule has 0 saturated carbocycles. The number of ether oxygens (including phenoxy) is 1. The molecule has 0 aliphatic carbocycles. The monoisotopic (exact) mass is 379 g/mol. The summed E-state index contributed by atoms with van der Waals surface area (Å²) in [4.78, 5) is 26.7. The topological polar surface area (TPSA) is 61.9 Å². The van der Waals surface area contributed by atoms with Crippen LogP contribution in [-0.4, -0.2) is 79.8 Å². The Bertz CT molecular complexity index is 485. The number of likely N-dealkylation sites (tertiary alicyclic amines) is 1. The lowest BCUT2D eigenvalue weighted by Gasteiger charge is -2.37. The first-order chi connectivity index (χ1) is 12.2. The zero-order chi connectivity index (χ0) is 19.3. The highest BCUT2D eigenvalue weighted by Gasteiger charge is 2.43. The average Bonchev–Trinajstić information content (AvgIpc) is 2.61. The molecule has 2 aliphatic rings. The molecule has 2 aliphatic heterocycles. The lowest BCUT2D eigenvalue weighted by molar-refractivity contribution is -0.186. The van der Waals surface area contributed by atoms with Gasteiger partial charge in [0.25, 0.3) is 0 Å². The third kappa shape index (κ3) is 5.57. The Morgan fingerprint density at radius 3 is 2.19 bits per heavy atom. The fraction of sp³-hybridized carbons (Fsp3) is 0.882. The average molecular weight is 379 g/mol. The molecule has 26 heavy (non-hydrogen) atoms. The molecule has 2 saturated heterocycles. The quantitative estimate of drug-likeness (QED) is 0.781. The first kappa shape index (κ1) is 21.0. The number of morpholine rings is 1. The smallest absolute Gasteiger partial charge is 0.379 e. The van der Waals surface area contributed by atoms with Crippen LogP contribution in [0.5, 0.6) is 0 Å². The molecule has 1 atom stereocenters. The van der Waals surface area contributed by atoms with E-state index in [9.17, 15) is 22.8 Å². The first-order valence-electron chi connectivity index (χ1n) is 9.15. The van der Waals surface area contributed by atoms with Crippen molar-refractivity contribution in [3.63, 3.8) is 0 Å². The normalized spacial score (nSPS) is 21.7. The number of carbonyl (C=O) groups excluding carboxylic acids is 2. The molecule has 0 bridgehead atoms. The van der Waals surface area contributed by atoms with E-state index in [1.807, 2.05) is 0 Å². The molecule has 2 amide bonds. The van der Waals surface area contributed by atoms with Crippen molar-refractivity contribution in [2.24, 2.45) is 11.8 Å². The van der Waals surface area contributed by atoms with Gasteiger partial charge in [-0.05, 0) is 18.8 Å². The van der Waals surface area contributed by atoms with E-state index in [0.717, 1.165) is 18.0 Å². The number of rotatable bonds is 5. The lowest BCUT2D eigenvalue weighted by atomic mass is 9.95. The number of halogens is 3. The van der Waals surface area contributed by atoms with E-state index >= 15 is 0 Å². The lowest BCUT2D eigenvalue weighted by Crippen LogP contribution is -2.52. The second-order valence-electron chi connectivity index (χ2n) is 7.27. The largest absolute Gasteiger partial charge is 0.471 e. The number of alkyl halides is 3. The van der Waals surface area contributed by atoms with Gasteiger partial charge in [0, 0.05) is 44.7 Å². The number of hydrogen-bond donors (Lipinski definition) is 1. The van der Waals surface area contributed by atoms with Gasteiger partial charge in [-0.25, -0.2) is 0 Å². The molecule has 2 heterocycles. The van der Waals surface area contributed by atoms with Gasteiger partial charge in [-0.1, -0.05) is 13.8 Å². The molecule has 2 fully saturated rings. The summed E-state index contributed by atoms with van der Waals surface area (Å²) in [6.45, 7) is 7.68. The molecule has 9 heteroatoms. The van der Waals surface area contributed by atoms with E-state index < -0.39 is 12.1 Å². The Kier molecular flexibility index (Phi) is 7.28. The van der Waals surface area contributed by atoms with Crippen LogP contribution in [0, 0.1) is 11.8 Å². The maximum absolute atomic E-state index is 12.5. The van der Waals surface area contributed by atoms with E-state index in [2.05, 4.69) is 24.1 Å². The number of amides is 2. The predicted octanol–water partition coefficient (Wildman–Crippen LogP) is 1.26. The molecular weight excluding hydrogens is 351 g/mol. The van der Waals surface area contributed by atoms with Gasteiger partial charge < -0.3 is 15.0 Å². The van der Waals surface area contributed by atoms with E-state index in [1.54, 1.807) is 0 Å². The van der Waals surface area contributed by atoms with Crippen molar-refractivity contribution in [3.8, 4) is 0 Å². The second kappa shape index (κ2) is 9.03. The van der Waals surface area contributed by atoms with Crippen molar-refractivity contribution in [1.82, 2.24) is 15.1 Å². The Hall–Kier alpha value is -1.35. The number of hydrogen-bond acceptors (Lipinski definition) is 4. The van der Waals surface area contributed by atoms with E-state index in [4.69, 9.17) is 4.74 Å². The van der Waals surface area contributed by atoms with Crippen molar-refractivity contribution in [2.75, 3.05) is 45.9 Å². The summed E-state index contributed by atoms with van der Waals surface area (Å²) in [5.41, 5.74) is 0. The predicted molar refractivity (Wildman–Crippen MR) is 89.4 cm³/mol. The zero-order valence-electron chi connectivity index (χ0n) is 15.3. The number of piperidine rings is 1. The summed E-state index contributed by atoms with van der Waals surface area (Å²) < 4.78 is 42.8. The molecule has 0 radical (unpaired) electrons. The van der Waals surface area contributed by atoms with E-state index in [0.29, 0.717) is 25.7 Å². The summed E-state index contributed by atoms with van der Waals surface area (Å²) in [5, 5.41) is 2.96. The summed E-state index contributed by atoms with van der Waals surface area (Å²) in [6, 6.07) is 0.203. The van der Waals surface area contributed by atoms with Crippen molar-refractivity contribution < 1.29 is 27.5 Å². The molecule has 0 aromatic heterocycles. The Balaban J connectivity index is 1.80. The maximum Gasteiger partial charge on any atom is 0.471 e. The van der Waals surface area contributed by atoms with Gasteiger partial charge in [-0.3, -0.25) is 14.5 Å². The third-order valence-corrected chi connectivity index (χ3v) is 5.17. The SMILES string of the molecule is CC(C)C(CNC(=O)C1CCN(C(=O)C(F)(F)F)CC1)N1CCOCC1. The third-order valence-electron chi connectivity index (χ3n) is 5.17. The Labute approximate surface area is 152 Å². The molecule has 1 N–H and O–H groups in total. The molecular formula is C17H28F3N3O3. The van der Waals surface area contributed by atoms with Crippen LogP contribution in [0.25, 0.3) is 0 Å². The van der Waals surface area contributed by atoms with Crippen LogP contribution in [0.1, 0.15) is 26.7 Å². The summed E-state index contributed by atoms with van der Waals surface area (Å²) in [5.74, 6) is -1.93. The molecule has 0 aromatic carbocycles. The minimum Gasteiger partial charge on any atom is -0.379 e. The number of nitrogens with one attached hydrogen (secondary N) is 1. The minimum atomic E-state index is -4.85. The van der Waals surface area contributed by atoms with Gasteiger partial charge in [0.15, 0.2) is 0 Å². The van der Waals surface area contributed by atoms with Crippen LogP contribution in [0.15, 0.2) is 0 Å². The summed E-state index contributed by atoms with van der Waals surface area (Å²) in [6.07, 6.45) is -4.33. The molecule has 1 unspecified atom stereocenters. The van der Waals surface area contributed by atoms with Gasteiger partial charge in [0.1, 0.15) is 0 Å². The molecule has 0 aromatic rings. The standard InChI is InChI=1S/C17H28F3N3O3/c1-12(2)14(22-7-9-26-10-8-22)11-21-15(24)13-3-5-23(6-4-13)16(25)17(18,19)20/h12-14H,3-11H2,1-2H3,(H,21,24). The minimum absolute atomic E-state index is 0.0342. The Morgan fingerprint density at radius 1 is 1.12 bits per heavy atom. The van der Waals surface area contributed by atoms with Gasteiger partial charge in [0.05, 0.1) is 13.2 Å². The molecule has 6 nitrogen and oxygen atoms in total. The first-order valence-corrected chi connectivity index (χ1v) is 9.15. The van der Waals surface area contributed by atoms with Crippen LogP contribution < -0.4 is 5.32 Å². The molecule has 0 spiro atoms. The van der Waals surface area contributed by atoms with Gasteiger partial charge in [0.2, 0.25) is 5.91 Å². The number of carbonyl (C=O) groups is 2. The summed E-state index contributed by atoms with van der Waals surface area (Å²) >= 11 is 0. The molecule has 150 valence electrons. The maximum atomic E-state index is 12.5. The van der Waals surface area contributed by atoms with Crippen LogP contribution in [0.2, 0.25) is 0 Å². The summed E-state index contributed by atoms with van der Waals surface area (Å²) in [7, 11) is 0. The van der Waals surface area contributed by atoms with Crippen LogP contribution in [0.4, 0.5) is 13.2 Å². The molecule has 2 rings (SSSR count). The van der Waals surface area contributed by atoms with Crippen molar-refractivity contribution in [2.45, 2.75) is 38.9 Å². The van der Waals surface area contributed by atoms with Gasteiger partial charge >= 0.3 is 12.1 Å². The van der Waals surface area contributed by atoms with Crippen LogP contribution in [-0.2, 0) is 14.3 Å². The van der Waals surface area contributed by atoms with E-state index in [1.165, 1.54) is 0 Å².